The first kappa shape index (κ1) is 38.2. The molecule has 53 heavy (non-hydrogen) atoms. The van der Waals surface area contributed by atoms with E-state index in [1.165, 1.54) is 19.3 Å². The number of rotatable bonds is 16. The summed E-state index contributed by atoms with van der Waals surface area (Å²) >= 11 is 0. The summed E-state index contributed by atoms with van der Waals surface area (Å²) in [5, 5.41) is 15.5. The lowest BCUT2D eigenvalue weighted by molar-refractivity contribution is -0.253. The van der Waals surface area contributed by atoms with E-state index in [4.69, 9.17) is 15.2 Å². The number of nitrogens with two attached hydrogens (primary N) is 1. The number of para-hydroxylation sites is 2. The summed E-state index contributed by atoms with van der Waals surface area (Å²) in [5.74, 6) is -0.00971. The van der Waals surface area contributed by atoms with Crippen molar-refractivity contribution in [2.45, 2.75) is 95.9 Å². The Bertz CT molecular complexity index is 1760. The predicted octanol–water partition coefficient (Wildman–Crippen LogP) is 8.05. The van der Waals surface area contributed by atoms with Crippen LogP contribution in [0.1, 0.15) is 98.9 Å². The first-order chi connectivity index (χ1) is 25.9. The third kappa shape index (κ3) is 11.5. The van der Waals surface area contributed by atoms with Crippen LogP contribution in [0.2, 0.25) is 0 Å². The fourth-order valence-corrected chi connectivity index (χ4v) is 7.19. The van der Waals surface area contributed by atoms with Gasteiger partial charge in [-0.05, 0) is 84.8 Å². The van der Waals surface area contributed by atoms with Crippen molar-refractivity contribution in [1.29, 1.82) is 0 Å². The highest BCUT2D eigenvalue weighted by molar-refractivity contribution is 5.93. The molecule has 2 aliphatic rings. The van der Waals surface area contributed by atoms with Gasteiger partial charge in [-0.15, -0.1) is 0 Å². The van der Waals surface area contributed by atoms with Crippen LogP contribution >= 0.6 is 0 Å². The largest absolute Gasteiger partial charge is 0.397 e. The fraction of sp³-hybridized carbons (Fsp3) is 0.409. The van der Waals surface area contributed by atoms with E-state index >= 15 is 0 Å². The zero-order valence-corrected chi connectivity index (χ0v) is 30.7. The summed E-state index contributed by atoms with van der Waals surface area (Å²) in [4.78, 5) is 27.3. The highest BCUT2D eigenvalue weighted by Crippen LogP contribution is 2.39. The molecule has 2 amide bonds. The minimum atomic E-state index is -0.476. The van der Waals surface area contributed by atoms with Gasteiger partial charge >= 0.3 is 0 Å². The van der Waals surface area contributed by atoms with Gasteiger partial charge in [0.25, 0.3) is 0 Å². The Labute approximate surface area is 313 Å². The van der Waals surface area contributed by atoms with Gasteiger partial charge in [0.05, 0.1) is 30.2 Å². The summed E-state index contributed by atoms with van der Waals surface area (Å²) < 4.78 is 13.2. The van der Waals surface area contributed by atoms with Crippen LogP contribution in [0, 0.1) is 0 Å². The molecule has 3 atom stereocenters. The predicted molar refractivity (Wildman–Crippen MR) is 210 cm³/mol. The smallest absolute Gasteiger partial charge is 0.224 e. The van der Waals surface area contributed by atoms with E-state index in [0.717, 1.165) is 85.1 Å². The topological polar surface area (TPSA) is 126 Å². The van der Waals surface area contributed by atoms with Gasteiger partial charge in [-0.2, -0.15) is 0 Å². The number of piperidine rings is 1. The van der Waals surface area contributed by atoms with Gasteiger partial charge in [-0.1, -0.05) is 98.1 Å². The number of carbonyl (C=O) groups is 2. The van der Waals surface area contributed by atoms with Gasteiger partial charge in [0.1, 0.15) is 0 Å². The number of unbranched alkanes of at least 4 members (excludes halogenated alkanes) is 3. The highest BCUT2D eigenvalue weighted by Gasteiger charge is 2.33. The van der Waals surface area contributed by atoms with Crippen molar-refractivity contribution in [2.75, 3.05) is 30.7 Å². The molecular weight excluding hydrogens is 665 g/mol. The van der Waals surface area contributed by atoms with Crippen LogP contribution < -0.4 is 16.4 Å². The molecule has 0 saturated carbocycles. The third-order valence-electron chi connectivity index (χ3n) is 10.3. The lowest BCUT2D eigenvalue weighted by Crippen LogP contribution is -2.41. The van der Waals surface area contributed by atoms with Crippen LogP contribution in [0.15, 0.2) is 97.1 Å². The number of hydrogen-bond donors (Lipinski definition) is 4. The molecule has 5 N–H and O–H groups in total. The zero-order chi connectivity index (χ0) is 36.8. The van der Waals surface area contributed by atoms with Crippen LogP contribution in [0.25, 0.3) is 11.1 Å². The summed E-state index contributed by atoms with van der Waals surface area (Å²) in [6.07, 6.45) is 8.31. The molecule has 9 nitrogen and oxygen atoms in total. The van der Waals surface area contributed by atoms with E-state index < -0.39 is 6.29 Å². The van der Waals surface area contributed by atoms with Gasteiger partial charge < -0.3 is 35.8 Å². The van der Waals surface area contributed by atoms with Crippen molar-refractivity contribution >= 4 is 23.2 Å². The first-order valence-corrected chi connectivity index (χ1v) is 19.3. The maximum absolute atomic E-state index is 12.6. The first-order valence-electron chi connectivity index (χ1n) is 19.3. The summed E-state index contributed by atoms with van der Waals surface area (Å²) in [7, 11) is 0. The van der Waals surface area contributed by atoms with Gasteiger partial charge in [-0.3, -0.25) is 9.59 Å². The van der Waals surface area contributed by atoms with Gasteiger partial charge in [0.15, 0.2) is 6.29 Å². The minimum Gasteiger partial charge on any atom is -0.397 e. The van der Waals surface area contributed by atoms with Gasteiger partial charge in [0, 0.05) is 37.9 Å². The van der Waals surface area contributed by atoms with Crippen molar-refractivity contribution in [1.82, 2.24) is 10.2 Å². The molecule has 0 bridgehead atoms. The maximum atomic E-state index is 12.6. The molecule has 2 fully saturated rings. The third-order valence-corrected chi connectivity index (χ3v) is 10.3. The molecule has 2 heterocycles. The number of benzene rings is 4. The maximum Gasteiger partial charge on any atom is 0.224 e. The molecule has 0 spiro atoms. The number of nitrogen functional groups attached to an aromatic ring is 1. The Hall–Kier alpha value is -4.54. The molecule has 280 valence electrons. The Balaban J connectivity index is 0.969. The Morgan fingerprint density at radius 3 is 2.19 bits per heavy atom. The van der Waals surface area contributed by atoms with Crippen molar-refractivity contribution in [3.63, 3.8) is 0 Å². The number of nitrogens with one attached hydrogen (secondary N) is 2. The number of ether oxygens (including phenoxy) is 2. The molecule has 2 saturated heterocycles. The van der Waals surface area contributed by atoms with E-state index in [2.05, 4.69) is 64.1 Å². The number of likely N-dealkylation sites (tertiary alicyclic amines) is 1. The quantitative estimate of drug-likeness (QED) is 0.0682. The van der Waals surface area contributed by atoms with E-state index in [1.54, 1.807) is 12.1 Å². The Kier molecular flexibility index (Phi) is 14.1. The van der Waals surface area contributed by atoms with Crippen LogP contribution in [-0.2, 0) is 32.2 Å². The zero-order valence-electron chi connectivity index (χ0n) is 30.7. The number of aliphatic hydroxyl groups is 1. The SMILES string of the molecule is Nc1ccccc1NC(=O)CCCCCCC(=O)NCc1cccc(-c2ccc([C@@H]3O[C@H](CN4CCCCC4)C[C@H](c4ccc(CO)cc4)O3)cc2)c1. The average molecular weight is 719 g/mol. The number of anilines is 2. The molecule has 0 unspecified atom stereocenters. The van der Waals surface area contributed by atoms with Crippen molar-refractivity contribution in [3.8, 4) is 11.1 Å². The van der Waals surface area contributed by atoms with Gasteiger partial charge in [-0.25, -0.2) is 0 Å². The molecule has 0 aromatic heterocycles. The Morgan fingerprint density at radius 2 is 1.45 bits per heavy atom. The number of aliphatic hydroxyl groups excluding tert-OH is 1. The van der Waals surface area contributed by atoms with E-state index in [9.17, 15) is 14.7 Å². The fourth-order valence-electron chi connectivity index (χ4n) is 7.19. The number of carbonyl (C=O) groups excluding carboxylic acids is 2. The minimum absolute atomic E-state index is 0.0250. The second-order valence-electron chi connectivity index (χ2n) is 14.4. The molecular formula is C44H54N4O5. The molecule has 4 aromatic rings. The molecule has 9 heteroatoms. The monoisotopic (exact) mass is 718 g/mol. The molecule has 2 aliphatic heterocycles. The van der Waals surface area contributed by atoms with Crippen molar-refractivity contribution < 1.29 is 24.2 Å². The van der Waals surface area contributed by atoms with Crippen molar-refractivity contribution in [2.24, 2.45) is 0 Å². The van der Waals surface area contributed by atoms with Crippen LogP contribution in [0.4, 0.5) is 11.4 Å². The summed E-state index contributed by atoms with van der Waals surface area (Å²) in [6.45, 7) is 3.63. The van der Waals surface area contributed by atoms with Gasteiger partial charge in [0.2, 0.25) is 11.8 Å². The lowest BCUT2D eigenvalue weighted by atomic mass is 9.98. The molecule has 0 aliphatic carbocycles. The van der Waals surface area contributed by atoms with Crippen LogP contribution in [0.5, 0.6) is 0 Å². The van der Waals surface area contributed by atoms with Crippen LogP contribution in [-0.4, -0.2) is 47.6 Å². The second-order valence-corrected chi connectivity index (χ2v) is 14.4. The van der Waals surface area contributed by atoms with E-state index in [-0.39, 0.29) is 30.6 Å². The molecule has 4 aromatic carbocycles. The average Bonchev–Trinajstić information content (AvgIpc) is 3.20. The molecule has 0 radical (unpaired) electrons. The number of nitrogens with zero attached hydrogens (tertiary/aromatic N) is 1. The standard InChI is InChI=1S/C44H54N4O5/c45-39-13-6-7-14-40(39)47-43(51)16-5-2-1-4-15-42(50)46-29-33-11-10-12-37(27-33)34-21-23-36(24-22-34)44-52-38(30-48-25-8-3-9-26-48)28-41(53-44)35-19-17-32(31-49)18-20-35/h6-7,10-14,17-24,27,38,41,44,49H,1-5,8-9,15-16,25-26,28-31,45H2,(H,46,50)(H,47,51)/t38-,41+,44+/m0/s1. The Morgan fingerprint density at radius 1 is 0.736 bits per heavy atom. The number of amides is 2. The van der Waals surface area contributed by atoms with Crippen LogP contribution in [0.3, 0.4) is 0 Å². The number of hydrogen-bond acceptors (Lipinski definition) is 7. The van der Waals surface area contributed by atoms with Crippen molar-refractivity contribution in [3.05, 3.63) is 119 Å². The second kappa shape index (κ2) is 19.5. The molecule has 6 rings (SSSR count). The summed E-state index contributed by atoms with van der Waals surface area (Å²) in [5.41, 5.74) is 13.3. The highest BCUT2D eigenvalue weighted by atomic mass is 16.7. The normalized spacial score (nSPS) is 19.1. The van der Waals surface area contributed by atoms with E-state index in [0.29, 0.717) is 30.8 Å². The summed E-state index contributed by atoms with van der Waals surface area (Å²) in [6, 6.07) is 32.0. The van der Waals surface area contributed by atoms with E-state index in [1.807, 2.05) is 36.4 Å². The lowest BCUT2D eigenvalue weighted by Gasteiger charge is -2.39.